The summed E-state index contributed by atoms with van der Waals surface area (Å²) in [5, 5.41) is 7.35. The van der Waals surface area contributed by atoms with E-state index in [1.54, 1.807) is 0 Å². The largest absolute Gasteiger partial charge is 0.375 e. The van der Waals surface area contributed by atoms with Crippen molar-refractivity contribution in [1.82, 2.24) is 25.3 Å². The molecule has 0 bridgehead atoms. The van der Waals surface area contributed by atoms with Gasteiger partial charge >= 0.3 is 0 Å². The number of rotatable bonds is 3. The van der Waals surface area contributed by atoms with Crippen molar-refractivity contribution in [3.8, 4) is 0 Å². The van der Waals surface area contributed by atoms with Crippen LogP contribution < -0.4 is 5.32 Å². The predicted molar refractivity (Wildman–Crippen MR) is 107 cm³/mol. The Morgan fingerprint density at radius 1 is 1.22 bits per heavy atom. The first-order valence-corrected chi connectivity index (χ1v) is 9.04. The molecule has 1 N–H and O–H groups in total. The number of amides is 1. The monoisotopic (exact) mass is 423 g/mol. The molecule has 1 aromatic heterocycles. The topological polar surface area (TPSA) is 83.7 Å². The molecule has 2 atom stereocenters. The fourth-order valence-electron chi connectivity index (χ4n) is 3.16. The highest BCUT2D eigenvalue weighted by Gasteiger charge is 2.33. The SMILES string of the molecule is C[C@H]1OCCN[C@@H]1C(=O)N1CCN(Cc2noc(C(C)(C)C)n2)CC1.Cl.Cl. The average molecular weight is 424 g/mol. The van der Waals surface area contributed by atoms with Gasteiger partial charge in [0.1, 0.15) is 6.04 Å². The van der Waals surface area contributed by atoms with E-state index in [0.717, 1.165) is 19.6 Å². The van der Waals surface area contributed by atoms with Gasteiger partial charge in [0, 0.05) is 38.1 Å². The molecular weight excluding hydrogens is 393 g/mol. The van der Waals surface area contributed by atoms with Gasteiger partial charge in [-0.3, -0.25) is 9.69 Å². The van der Waals surface area contributed by atoms with E-state index >= 15 is 0 Å². The van der Waals surface area contributed by atoms with E-state index in [-0.39, 0.29) is 48.3 Å². The van der Waals surface area contributed by atoms with Crippen molar-refractivity contribution in [1.29, 1.82) is 0 Å². The summed E-state index contributed by atoms with van der Waals surface area (Å²) in [5.41, 5.74) is -0.137. The number of carbonyl (C=O) groups is 1. The van der Waals surface area contributed by atoms with Crippen LogP contribution in [0.1, 0.15) is 39.4 Å². The van der Waals surface area contributed by atoms with E-state index in [9.17, 15) is 4.79 Å². The number of hydrogen-bond acceptors (Lipinski definition) is 7. The van der Waals surface area contributed by atoms with Crippen LogP contribution in [0.2, 0.25) is 0 Å². The third-order valence-corrected chi connectivity index (χ3v) is 4.74. The minimum Gasteiger partial charge on any atom is -0.375 e. The lowest BCUT2D eigenvalue weighted by molar-refractivity contribution is -0.141. The van der Waals surface area contributed by atoms with Crippen LogP contribution >= 0.6 is 24.8 Å². The van der Waals surface area contributed by atoms with Gasteiger partial charge < -0.3 is 19.5 Å². The first-order valence-electron chi connectivity index (χ1n) is 9.04. The van der Waals surface area contributed by atoms with Crippen molar-refractivity contribution < 1.29 is 14.1 Å². The quantitative estimate of drug-likeness (QED) is 0.782. The number of halogens is 2. The van der Waals surface area contributed by atoms with Crippen molar-refractivity contribution in [2.45, 2.75) is 51.8 Å². The van der Waals surface area contributed by atoms with Crippen LogP contribution in [0.4, 0.5) is 0 Å². The van der Waals surface area contributed by atoms with E-state index < -0.39 is 0 Å². The Bertz CT molecular complexity index is 600. The number of nitrogens with zero attached hydrogens (tertiary/aromatic N) is 4. The molecule has 0 saturated carbocycles. The van der Waals surface area contributed by atoms with Gasteiger partial charge in [-0.15, -0.1) is 24.8 Å². The zero-order chi connectivity index (χ0) is 18.0. The zero-order valence-corrected chi connectivity index (χ0v) is 18.1. The van der Waals surface area contributed by atoms with E-state index in [1.807, 2.05) is 11.8 Å². The van der Waals surface area contributed by atoms with Crippen molar-refractivity contribution in [2.24, 2.45) is 0 Å². The molecule has 10 heteroatoms. The van der Waals surface area contributed by atoms with E-state index in [0.29, 0.717) is 38.0 Å². The summed E-state index contributed by atoms with van der Waals surface area (Å²) >= 11 is 0. The Kier molecular flexibility index (Phi) is 8.95. The molecule has 0 aliphatic carbocycles. The van der Waals surface area contributed by atoms with Gasteiger partial charge in [-0.25, -0.2) is 0 Å². The number of hydrogen-bond donors (Lipinski definition) is 1. The second-order valence-electron chi connectivity index (χ2n) is 7.87. The first-order chi connectivity index (χ1) is 11.8. The lowest BCUT2D eigenvalue weighted by atomic mass is 9.97. The van der Waals surface area contributed by atoms with Gasteiger partial charge in [-0.05, 0) is 6.92 Å². The van der Waals surface area contributed by atoms with Crippen LogP contribution in [-0.4, -0.2) is 77.3 Å². The minimum absolute atomic E-state index is 0. The molecule has 2 fully saturated rings. The van der Waals surface area contributed by atoms with Crippen molar-refractivity contribution in [2.75, 3.05) is 39.3 Å². The molecule has 2 saturated heterocycles. The summed E-state index contributed by atoms with van der Waals surface area (Å²) in [6, 6.07) is -0.230. The van der Waals surface area contributed by atoms with Crippen LogP contribution in [-0.2, 0) is 21.5 Å². The van der Waals surface area contributed by atoms with E-state index in [2.05, 4.69) is 41.1 Å². The molecule has 0 aromatic carbocycles. The maximum absolute atomic E-state index is 12.7. The van der Waals surface area contributed by atoms with Gasteiger partial charge in [-0.2, -0.15) is 4.98 Å². The van der Waals surface area contributed by atoms with Crippen LogP contribution in [0.25, 0.3) is 0 Å². The summed E-state index contributed by atoms with van der Waals surface area (Å²) in [7, 11) is 0. The number of nitrogens with one attached hydrogen (secondary N) is 1. The van der Waals surface area contributed by atoms with E-state index in [1.165, 1.54) is 0 Å². The third kappa shape index (κ3) is 6.02. The predicted octanol–water partition coefficient (Wildman–Crippen LogP) is 1.23. The number of ether oxygens (including phenoxy) is 1. The smallest absolute Gasteiger partial charge is 0.242 e. The standard InChI is InChI=1S/C17H29N5O3.2ClH/c1-12-14(18-5-10-24-12)15(23)22-8-6-21(7-9-22)11-13-19-16(25-20-13)17(2,3)4;;/h12,14,18H,5-11H2,1-4H3;2*1H/t12-,14+;;/m1../s1. The van der Waals surface area contributed by atoms with Gasteiger partial charge in [0.15, 0.2) is 5.82 Å². The normalized spacial score (nSPS) is 24.1. The van der Waals surface area contributed by atoms with E-state index in [4.69, 9.17) is 9.26 Å². The second kappa shape index (κ2) is 10.0. The molecule has 2 aliphatic rings. The minimum atomic E-state index is -0.230. The number of aromatic nitrogens is 2. The number of carbonyl (C=O) groups excluding carboxylic acids is 1. The van der Waals surface area contributed by atoms with Crippen LogP contribution in [0, 0.1) is 0 Å². The number of morpholine rings is 1. The Morgan fingerprint density at radius 2 is 1.89 bits per heavy atom. The molecule has 1 amide bonds. The summed E-state index contributed by atoms with van der Waals surface area (Å²) in [6.07, 6.45) is -0.0746. The number of piperazine rings is 1. The molecule has 2 aliphatic heterocycles. The van der Waals surface area contributed by atoms with Crippen LogP contribution in [0.3, 0.4) is 0 Å². The molecule has 0 radical (unpaired) electrons. The molecular formula is C17H31Cl2N5O3. The molecule has 3 heterocycles. The maximum Gasteiger partial charge on any atom is 0.242 e. The van der Waals surface area contributed by atoms with Crippen LogP contribution in [0.15, 0.2) is 4.52 Å². The van der Waals surface area contributed by atoms with Gasteiger partial charge in [0.25, 0.3) is 0 Å². The third-order valence-electron chi connectivity index (χ3n) is 4.74. The highest BCUT2D eigenvalue weighted by Crippen LogP contribution is 2.20. The molecule has 156 valence electrons. The summed E-state index contributed by atoms with van der Waals surface area (Å²) in [5.74, 6) is 1.51. The Balaban J connectivity index is 0.00000182. The molecule has 0 unspecified atom stereocenters. The lowest BCUT2D eigenvalue weighted by Crippen LogP contribution is -2.59. The van der Waals surface area contributed by atoms with Gasteiger partial charge in [-0.1, -0.05) is 25.9 Å². The lowest BCUT2D eigenvalue weighted by Gasteiger charge is -2.38. The molecule has 27 heavy (non-hydrogen) atoms. The Labute approximate surface area is 173 Å². The van der Waals surface area contributed by atoms with Gasteiger partial charge in [0.2, 0.25) is 11.8 Å². The van der Waals surface area contributed by atoms with Crippen molar-refractivity contribution in [3.63, 3.8) is 0 Å². The van der Waals surface area contributed by atoms with Crippen LogP contribution in [0.5, 0.6) is 0 Å². The molecule has 1 aromatic rings. The summed E-state index contributed by atoms with van der Waals surface area (Å²) in [6.45, 7) is 13.2. The highest BCUT2D eigenvalue weighted by atomic mass is 35.5. The molecule has 0 spiro atoms. The Morgan fingerprint density at radius 3 is 2.44 bits per heavy atom. The Hall–Kier alpha value is -0.930. The average Bonchev–Trinajstić information content (AvgIpc) is 3.04. The first kappa shape index (κ1) is 24.1. The highest BCUT2D eigenvalue weighted by molar-refractivity contribution is 5.85. The zero-order valence-electron chi connectivity index (χ0n) is 16.4. The van der Waals surface area contributed by atoms with Gasteiger partial charge in [0.05, 0.1) is 19.3 Å². The summed E-state index contributed by atoms with van der Waals surface area (Å²) in [4.78, 5) is 21.3. The van der Waals surface area contributed by atoms with Crippen molar-refractivity contribution in [3.05, 3.63) is 11.7 Å². The van der Waals surface area contributed by atoms with Crippen molar-refractivity contribution >= 4 is 30.7 Å². The molecule has 3 rings (SSSR count). The second-order valence-corrected chi connectivity index (χ2v) is 7.87. The molecule has 8 nitrogen and oxygen atoms in total. The maximum atomic E-state index is 12.7. The fraction of sp³-hybridized carbons (Fsp3) is 0.824. The summed E-state index contributed by atoms with van der Waals surface area (Å²) < 4.78 is 10.9. The fourth-order valence-corrected chi connectivity index (χ4v) is 3.16.